The van der Waals surface area contributed by atoms with Gasteiger partial charge < -0.3 is 0 Å². The highest BCUT2D eigenvalue weighted by Crippen LogP contribution is 2.43. The largest absolute Gasteiger partial charge is 0.148 e. The predicted molar refractivity (Wildman–Crippen MR) is 50.3 cm³/mol. The standard InChI is InChI=1S/C10H14S/c1-3-10(2)6-4-8-5-7-11-9(8)10/h5,7H,3-4,6H2,1-2H3. The normalized spacial score (nSPS) is 28.9. The van der Waals surface area contributed by atoms with Gasteiger partial charge in [-0.3, -0.25) is 0 Å². The number of fused-ring (bicyclic) bond motifs is 1. The molecule has 2 rings (SSSR count). The summed E-state index contributed by atoms with van der Waals surface area (Å²) in [4.78, 5) is 1.65. The lowest BCUT2D eigenvalue weighted by Gasteiger charge is -2.21. The molecular formula is C10H14S. The minimum Gasteiger partial charge on any atom is -0.148 e. The fourth-order valence-electron chi connectivity index (χ4n) is 1.92. The van der Waals surface area contributed by atoms with Gasteiger partial charge in [-0.25, -0.2) is 0 Å². The number of hydrogen-bond acceptors (Lipinski definition) is 1. The van der Waals surface area contributed by atoms with Crippen LogP contribution >= 0.6 is 11.3 Å². The van der Waals surface area contributed by atoms with E-state index in [1.165, 1.54) is 19.3 Å². The topological polar surface area (TPSA) is 0 Å². The molecule has 0 saturated carbocycles. The zero-order chi connectivity index (χ0) is 7.90. The molecule has 1 atom stereocenters. The van der Waals surface area contributed by atoms with Crippen LogP contribution in [0.5, 0.6) is 0 Å². The summed E-state index contributed by atoms with van der Waals surface area (Å²) in [5, 5.41) is 2.23. The molecule has 60 valence electrons. The molecular weight excluding hydrogens is 152 g/mol. The summed E-state index contributed by atoms with van der Waals surface area (Å²) in [7, 11) is 0. The molecule has 0 aliphatic heterocycles. The van der Waals surface area contributed by atoms with Crippen LogP contribution in [0.15, 0.2) is 11.4 Å². The molecule has 1 heterocycles. The highest BCUT2D eigenvalue weighted by atomic mass is 32.1. The van der Waals surface area contributed by atoms with Crippen LogP contribution in [0.4, 0.5) is 0 Å². The van der Waals surface area contributed by atoms with Gasteiger partial charge in [0.15, 0.2) is 0 Å². The van der Waals surface area contributed by atoms with E-state index < -0.39 is 0 Å². The average Bonchev–Trinajstić information content (AvgIpc) is 2.55. The van der Waals surface area contributed by atoms with Crippen molar-refractivity contribution >= 4 is 11.3 Å². The number of thiophene rings is 1. The van der Waals surface area contributed by atoms with Crippen molar-refractivity contribution in [3.8, 4) is 0 Å². The zero-order valence-electron chi connectivity index (χ0n) is 7.18. The fourth-order valence-corrected chi connectivity index (χ4v) is 3.14. The van der Waals surface area contributed by atoms with Crippen molar-refractivity contribution in [1.82, 2.24) is 0 Å². The summed E-state index contributed by atoms with van der Waals surface area (Å²) >= 11 is 1.94. The maximum absolute atomic E-state index is 2.40. The Morgan fingerprint density at radius 1 is 1.64 bits per heavy atom. The SMILES string of the molecule is CCC1(C)CCc2ccsc21. The van der Waals surface area contributed by atoms with E-state index in [0.29, 0.717) is 5.41 Å². The van der Waals surface area contributed by atoms with E-state index in [2.05, 4.69) is 25.3 Å². The first-order valence-corrected chi connectivity index (χ1v) is 5.21. The van der Waals surface area contributed by atoms with E-state index in [1.807, 2.05) is 11.3 Å². The predicted octanol–water partition coefficient (Wildman–Crippen LogP) is 3.36. The zero-order valence-corrected chi connectivity index (χ0v) is 8.00. The van der Waals surface area contributed by atoms with Crippen LogP contribution in [0.2, 0.25) is 0 Å². The molecule has 1 aliphatic rings. The Kier molecular flexibility index (Phi) is 1.57. The highest BCUT2D eigenvalue weighted by Gasteiger charge is 2.33. The number of hydrogen-bond donors (Lipinski definition) is 0. The molecule has 1 unspecified atom stereocenters. The summed E-state index contributed by atoms with van der Waals surface area (Å²) in [6, 6.07) is 2.29. The van der Waals surface area contributed by atoms with Crippen molar-refractivity contribution in [2.45, 2.75) is 38.5 Å². The quantitative estimate of drug-likeness (QED) is 0.600. The van der Waals surface area contributed by atoms with Crippen LogP contribution in [-0.2, 0) is 11.8 Å². The summed E-state index contributed by atoms with van der Waals surface area (Å²) in [5.41, 5.74) is 2.13. The van der Waals surface area contributed by atoms with Crippen LogP contribution in [0.3, 0.4) is 0 Å². The molecule has 11 heavy (non-hydrogen) atoms. The summed E-state index contributed by atoms with van der Waals surface area (Å²) < 4.78 is 0. The Labute approximate surface area is 72.3 Å². The molecule has 1 aromatic rings. The summed E-state index contributed by atoms with van der Waals surface area (Å²) in [5.74, 6) is 0. The monoisotopic (exact) mass is 166 g/mol. The number of rotatable bonds is 1. The van der Waals surface area contributed by atoms with E-state index >= 15 is 0 Å². The third-order valence-corrected chi connectivity index (χ3v) is 4.28. The van der Waals surface area contributed by atoms with Gasteiger partial charge in [-0.05, 0) is 36.3 Å². The molecule has 0 aromatic carbocycles. The van der Waals surface area contributed by atoms with Crippen LogP contribution in [0.25, 0.3) is 0 Å². The highest BCUT2D eigenvalue weighted by molar-refractivity contribution is 7.10. The van der Waals surface area contributed by atoms with E-state index in [0.717, 1.165) is 0 Å². The van der Waals surface area contributed by atoms with Crippen LogP contribution in [0, 0.1) is 0 Å². The van der Waals surface area contributed by atoms with Crippen molar-refractivity contribution in [2.24, 2.45) is 0 Å². The van der Waals surface area contributed by atoms with Crippen LogP contribution in [-0.4, -0.2) is 0 Å². The van der Waals surface area contributed by atoms with E-state index in [-0.39, 0.29) is 0 Å². The molecule has 1 aliphatic carbocycles. The van der Waals surface area contributed by atoms with Gasteiger partial charge in [-0.2, -0.15) is 0 Å². The van der Waals surface area contributed by atoms with E-state index in [9.17, 15) is 0 Å². The minimum atomic E-state index is 0.517. The Bertz CT molecular complexity index is 262. The van der Waals surface area contributed by atoms with E-state index in [1.54, 1.807) is 10.4 Å². The smallest absolute Gasteiger partial charge is 0.0136 e. The molecule has 0 spiro atoms. The van der Waals surface area contributed by atoms with Crippen molar-refractivity contribution in [3.63, 3.8) is 0 Å². The lowest BCUT2D eigenvalue weighted by atomic mass is 9.87. The van der Waals surface area contributed by atoms with Crippen molar-refractivity contribution < 1.29 is 0 Å². The Morgan fingerprint density at radius 3 is 3.18 bits per heavy atom. The van der Waals surface area contributed by atoms with Gasteiger partial charge in [0.2, 0.25) is 0 Å². The van der Waals surface area contributed by atoms with Crippen molar-refractivity contribution in [3.05, 3.63) is 21.9 Å². The third kappa shape index (κ3) is 0.943. The van der Waals surface area contributed by atoms with Gasteiger partial charge in [-0.15, -0.1) is 11.3 Å². The average molecular weight is 166 g/mol. The van der Waals surface area contributed by atoms with Crippen LogP contribution in [0.1, 0.15) is 37.1 Å². The second kappa shape index (κ2) is 2.34. The van der Waals surface area contributed by atoms with E-state index in [4.69, 9.17) is 0 Å². The third-order valence-electron chi connectivity index (χ3n) is 3.02. The second-order valence-electron chi connectivity index (χ2n) is 3.69. The number of aryl methyl sites for hydroxylation is 1. The van der Waals surface area contributed by atoms with Gasteiger partial charge >= 0.3 is 0 Å². The van der Waals surface area contributed by atoms with Gasteiger partial charge in [0.05, 0.1) is 0 Å². The Balaban J connectivity index is 2.45. The Morgan fingerprint density at radius 2 is 2.45 bits per heavy atom. The minimum absolute atomic E-state index is 0.517. The van der Waals surface area contributed by atoms with Gasteiger partial charge in [-0.1, -0.05) is 13.8 Å². The van der Waals surface area contributed by atoms with Gasteiger partial charge in [0, 0.05) is 10.3 Å². The molecule has 0 amide bonds. The van der Waals surface area contributed by atoms with Gasteiger partial charge in [0.1, 0.15) is 0 Å². The Hall–Kier alpha value is -0.300. The summed E-state index contributed by atoms with van der Waals surface area (Å²) in [6.07, 6.45) is 3.97. The molecule has 0 radical (unpaired) electrons. The molecule has 1 heteroatoms. The first-order chi connectivity index (χ1) is 5.26. The second-order valence-corrected chi connectivity index (χ2v) is 4.61. The molecule has 1 aromatic heterocycles. The molecule has 0 bridgehead atoms. The molecule has 0 fully saturated rings. The molecule has 0 nitrogen and oxygen atoms in total. The summed E-state index contributed by atoms with van der Waals surface area (Å²) in [6.45, 7) is 4.70. The fraction of sp³-hybridized carbons (Fsp3) is 0.600. The lowest BCUT2D eigenvalue weighted by Crippen LogP contribution is -2.14. The maximum Gasteiger partial charge on any atom is 0.0136 e. The maximum atomic E-state index is 2.40. The molecule has 0 N–H and O–H groups in total. The van der Waals surface area contributed by atoms with Crippen molar-refractivity contribution in [1.29, 1.82) is 0 Å². The molecule has 0 saturated heterocycles. The van der Waals surface area contributed by atoms with Crippen LogP contribution < -0.4 is 0 Å². The lowest BCUT2D eigenvalue weighted by molar-refractivity contribution is 0.460. The first kappa shape index (κ1) is 7.35. The van der Waals surface area contributed by atoms with Gasteiger partial charge in [0.25, 0.3) is 0 Å². The first-order valence-electron chi connectivity index (χ1n) is 4.33. The van der Waals surface area contributed by atoms with Crippen molar-refractivity contribution in [2.75, 3.05) is 0 Å².